The first-order chi connectivity index (χ1) is 5.13. The molecule has 1 amide bonds. The summed E-state index contributed by atoms with van der Waals surface area (Å²) in [7, 11) is 1.83. The Hall–Kier alpha value is -0.570. The highest BCUT2D eigenvalue weighted by Gasteiger charge is 2.11. The van der Waals surface area contributed by atoms with Gasteiger partial charge in [-0.25, -0.2) is 0 Å². The van der Waals surface area contributed by atoms with Crippen LogP contribution in [-0.4, -0.2) is 30.4 Å². The normalized spacial score (nSPS) is 12.7. The molecule has 0 aromatic rings. The van der Waals surface area contributed by atoms with Crippen molar-refractivity contribution in [3.63, 3.8) is 0 Å². The second-order valence-corrected chi connectivity index (χ2v) is 2.78. The number of hydrogen-bond donors (Lipinski definition) is 1. The Labute approximate surface area is 68.6 Å². The van der Waals surface area contributed by atoms with Gasteiger partial charge < -0.3 is 10.6 Å². The molecule has 0 aliphatic rings. The van der Waals surface area contributed by atoms with Crippen LogP contribution in [0.15, 0.2) is 0 Å². The fraction of sp³-hybridized carbons (Fsp3) is 0.875. The van der Waals surface area contributed by atoms with E-state index >= 15 is 0 Å². The highest BCUT2D eigenvalue weighted by Crippen LogP contribution is 2.01. The first kappa shape index (κ1) is 10.4. The van der Waals surface area contributed by atoms with Gasteiger partial charge in [-0.1, -0.05) is 6.92 Å². The van der Waals surface area contributed by atoms with E-state index in [0.717, 1.165) is 6.42 Å². The lowest BCUT2D eigenvalue weighted by molar-refractivity contribution is -0.131. The summed E-state index contributed by atoms with van der Waals surface area (Å²) >= 11 is 0. The number of hydrogen-bond acceptors (Lipinski definition) is 2. The van der Waals surface area contributed by atoms with Gasteiger partial charge in [-0.3, -0.25) is 4.79 Å². The third-order valence-electron chi connectivity index (χ3n) is 1.94. The summed E-state index contributed by atoms with van der Waals surface area (Å²) in [6, 6.07) is 0.271. The van der Waals surface area contributed by atoms with Crippen LogP contribution in [0.4, 0.5) is 0 Å². The van der Waals surface area contributed by atoms with Gasteiger partial charge in [0.2, 0.25) is 5.91 Å². The summed E-state index contributed by atoms with van der Waals surface area (Å²) in [6.45, 7) is 4.52. The van der Waals surface area contributed by atoms with Gasteiger partial charge in [-0.15, -0.1) is 0 Å². The maximum absolute atomic E-state index is 11.1. The molecule has 66 valence electrons. The van der Waals surface area contributed by atoms with Crippen molar-refractivity contribution >= 4 is 5.91 Å². The van der Waals surface area contributed by atoms with E-state index in [2.05, 4.69) is 0 Å². The predicted molar refractivity (Wildman–Crippen MR) is 46.2 cm³/mol. The highest BCUT2D eigenvalue weighted by molar-refractivity contribution is 5.75. The number of nitrogens with two attached hydrogens (primary N) is 1. The SMILES string of the molecule is CCC(=O)N(C)C(C)CCN. The largest absolute Gasteiger partial charge is 0.343 e. The van der Waals surface area contributed by atoms with E-state index in [1.54, 1.807) is 4.90 Å². The molecule has 0 saturated heterocycles. The number of rotatable bonds is 4. The minimum atomic E-state index is 0.186. The van der Waals surface area contributed by atoms with Crippen molar-refractivity contribution in [3.05, 3.63) is 0 Å². The molecule has 0 aromatic carbocycles. The molecule has 0 bridgehead atoms. The first-order valence-corrected chi connectivity index (χ1v) is 4.09. The minimum absolute atomic E-state index is 0.186. The van der Waals surface area contributed by atoms with Gasteiger partial charge >= 0.3 is 0 Å². The van der Waals surface area contributed by atoms with Crippen LogP contribution in [-0.2, 0) is 4.79 Å². The second kappa shape index (κ2) is 5.13. The summed E-state index contributed by atoms with van der Waals surface area (Å²) in [5.41, 5.74) is 5.37. The van der Waals surface area contributed by atoms with E-state index in [1.807, 2.05) is 20.9 Å². The lowest BCUT2D eigenvalue weighted by Crippen LogP contribution is -2.35. The van der Waals surface area contributed by atoms with E-state index in [0.29, 0.717) is 13.0 Å². The lowest BCUT2D eigenvalue weighted by Gasteiger charge is -2.23. The molecule has 3 nitrogen and oxygen atoms in total. The van der Waals surface area contributed by atoms with Gasteiger partial charge in [0.15, 0.2) is 0 Å². The van der Waals surface area contributed by atoms with Crippen LogP contribution in [0.2, 0.25) is 0 Å². The first-order valence-electron chi connectivity index (χ1n) is 4.09. The molecule has 0 radical (unpaired) electrons. The van der Waals surface area contributed by atoms with Crippen molar-refractivity contribution in [1.82, 2.24) is 4.90 Å². The van der Waals surface area contributed by atoms with Crippen LogP contribution in [0.5, 0.6) is 0 Å². The molecule has 2 N–H and O–H groups in total. The van der Waals surface area contributed by atoms with Crippen molar-refractivity contribution in [3.8, 4) is 0 Å². The van der Waals surface area contributed by atoms with Crippen LogP contribution in [0.1, 0.15) is 26.7 Å². The summed E-state index contributed by atoms with van der Waals surface area (Å²) in [6.07, 6.45) is 1.45. The monoisotopic (exact) mass is 158 g/mol. The molecule has 0 rings (SSSR count). The Morgan fingerprint density at radius 1 is 1.64 bits per heavy atom. The van der Waals surface area contributed by atoms with Crippen molar-refractivity contribution in [1.29, 1.82) is 0 Å². The Balaban J connectivity index is 3.80. The molecular formula is C8H18N2O. The predicted octanol–water partition coefficient (Wildman–Crippen LogP) is 0.592. The molecular weight excluding hydrogens is 140 g/mol. The molecule has 0 saturated carbocycles. The maximum atomic E-state index is 11.1. The van der Waals surface area contributed by atoms with Gasteiger partial charge in [-0.05, 0) is 19.9 Å². The zero-order chi connectivity index (χ0) is 8.85. The average molecular weight is 158 g/mol. The van der Waals surface area contributed by atoms with Crippen LogP contribution < -0.4 is 5.73 Å². The van der Waals surface area contributed by atoms with Crippen LogP contribution in [0.25, 0.3) is 0 Å². The molecule has 3 heteroatoms. The third kappa shape index (κ3) is 3.37. The third-order valence-corrected chi connectivity index (χ3v) is 1.94. The van der Waals surface area contributed by atoms with Crippen molar-refractivity contribution < 1.29 is 4.79 Å². The molecule has 0 fully saturated rings. The van der Waals surface area contributed by atoms with Gasteiger partial charge in [-0.2, -0.15) is 0 Å². The van der Waals surface area contributed by atoms with Crippen LogP contribution in [0, 0.1) is 0 Å². The zero-order valence-electron chi connectivity index (χ0n) is 7.63. The zero-order valence-corrected chi connectivity index (χ0v) is 7.63. The second-order valence-electron chi connectivity index (χ2n) is 2.78. The standard InChI is InChI=1S/C8H18N2O/c1-4-8(11)10(3)7(2)5-6-9/h7H,4-6,9H2,1-3H3. The quantitative estimate of drug-likeness (QED) is 0.651. The molecule has 0 heterocycles. The van der Waals surface area contributed by atoms with Crippen LogP contribution >= 0.6 is 0 Å². The smallest absolute Gasteiger partial charge is 0.222 e. The molecule has 0 aromatic heterocycles. The Morgan fingerprint density at radius 2 is 2.18 bits per heavy atom. The van der Waals surface area contributed by atoms with Crippen molar-refractivity contribution in [2.45, 2.75) is 32.7 Å². The van der Waals surface area contributed by atoms with Crippen LogP contribution in [0.3, 0.4) is 0 Å². The highest BCUT2D eigenvalue weighted by atomic mass is 16.2. The fourth-order valence-corrected chi connectivity index (χ4v) is 0.930. The van der Waals surface area contributed by atoms with E-state index in [-0.39, 0.29) is 11.9 Å². The van der Waals surface area contributed by atoms with E-state index < -0.39 is 0 Å². The molecule has 11 heavy (non-hydrogen) atoms. The molecule has 1 atom stereocenters. The number of nitrogens with zero attached hydrogens (tertiary/aromatic N) is 1. The molecule has 0 aliphatic heterocycles. The number of amides is 1. The Morgan fingerprint density at radius 3 is 2.55 bits per heavy atom. The Kier molecular flexibility index (Phi) is 4.86. The topological polar surface area (TPSA) is 46.3 Å². The number of carbonyl (C=O) groups excluding carboxylic acids is 1. The summed E-state index contributed by atoms with van der Waals surface area (Å²) < 4.78 is 0. The van der Waals surface area contributed by atoms with Gasteiger partial charge in [0.05, 0.1) is 0 Å². The Bertz CT molecular complexity index is 125. The van der Waals surface area contributed by atoms with E-state index in [1.165, 1.54) is 0 Å². The van der Waals surface area contributed by atoms with Gasteiger partial charge in [0, 0.05) is 19.5 Å². The summed E-state index contributed by atoms with van der Waals surface area (Å²) in [5.74, 6) is 0.186. The van der Waals surface area contributed by atoms with Crippen molar-refractivity contribution in [2.75, 3.05) is 13.6 Å². The molecule has 0 aliphatic carbocycles. The van der Waals surface area contributed by atoms with Gasteiger partial charge in [0.1, 0.15) is 0 Å². The van der Waals surface area contributed by atoms with Crippen molar-refractivity contribution in [2.24, 2.45) is 5.73 Å². The van der Waals surface area contributed by atoms with E-state index in [9.17, 15) is 4.79 Å². The summed E-state index contributed by atoms with van der Waals surface area (Å²) in [4.78, 5) is 12.9. The summed E-state index contributed by atoms with van der Waals surface area (Å²) in [5, 5.41) is 0. The number of carbonyl (C=O) groups is 1. The fourth-order valence-electron chi connectivity index (χ4n) is 0.930. The molecule has 1 unspecified atom stereocenters. The molecule has 0 spiro atoms. The average Bonchev–Trinajstić information content (AvgIpc) is 2.02. The maximum Gasteiger partial charge on any atom is 0.222 e. The van der Waals surface area contributed by atoms with E-state index in [4.69, 9.17) is 5.73 Å². The van der Waals surface area contributed by atoms with Gasteiger partial charge in [0.25, 0.3) is 0 Å². The minimum Gasteiger partial charge on any atom is -0.343 e. The lowest BCUT2D eigenvalue weighted by atomic mass is 10.2.